The zero-order chi connectivity index (χ0) is 22.1. The molecule has 1 aliphatic heterocycles. The Hall–Kier alpha value is -1.72. The van der Waals surface area contributed by atoms with E-state index in [2.05, 4.69) is 15.0 Å². The van der Waals surface area contributed by atoms with Gasteiger partial charge < -0.3 is 10.1 Å². The number of piperidine rings is 1. The number of carbonyl (C=O) groups is 2. The van der Waals surface area contributed by atoms with Crippen molar-refractivity contribution in [3.63, 3.8) is 0 Å². The molecule has 1 aliphatic rings. The van der Waals surface area contributed by atoms with E-state index in [0.717, 1.165) is 11.3 Å². The van der Waals surface area contributed by atoms with Crippen LogP contribution in [0.1, 0.15) is 28.2 Å². The van der Waals surface area contributed by atoms with Gasteiger partial charge in [0.2, 0.25) is 15.9 Å². The van der Waals surface area contributed by atoms with Crippen LogP contribution >= 0.6 is 34.5 Å². The van der Waals surface area contributed by atoms with Crippen molar-refractivity contribution in [2.24, 2.45) is 5.92 Å². The quantitative estimate of drug-likeness (QED) is 0.640. The van der Waals surface area contributed by atoms with Crippen LogP contribution in [0.2, 0.25) is 10.0 Å². The number of benzene rings is 1. The fourth-order valence-corrected chi connectivity index (χ4v) is 6.21. The SMILES string of the molecule is COC(=O)c1sc(NC(=O)C2CCN(S(=O)(=O)c3cc(Cl)ccc3Cl)CC2)nc1C. The molecule has 2 aromatic rings. The molecule has 1 aromatic carbocycles. The Kier molecular flexibility index (Phi) is 7.03. The first-order chi connectivity index (χ1) is 14.1. The number of sulfonamides is 1. The molecule has 1 N–H and O–H groups in total. The number of aromatic nitrogens is 1. The number of amides is 1. The third-order valence-corrected chi connectivity index (χ3v) is 8.40. The molecule has 30 heavy (non-hydrogen) atoms. The fourth-order valence-electron chi connectivity index (χ4n) is 3.11. The lowest BCUT2D eigenvalue weighted by Crippen LogP contribution is -2.41. The largest absolute Gasteiger partial charge is 0.465 e. The van der Waals surface area contributed by atoms with Crippen LogP contribution in [-0.2, 0) is 19.6 Å². The molecule has 0 radical (unpaired) electrons. The number of rotatable bonds is 5. The zero-order valence-corrected chi connectivity index (χ0v) is 19.3. The summed E-state index contributed by atoms with van der Waals surface area (Å²) in [6.07, 6.45) is 0.689. The molecule has 0 bridgehead atoms. The molecule has 0 unspecified atom stereocenters. The van der Waals surface area contributed by atoms with Crippen LogP contribution in [0.3, 0.4) is 0 Å². The highest BCUT2D eigenvalue weighted by Crippen LogP contribution is 2.31. The minimum atomic E-state index is -3.81. The normalized spacial score (nSPS) is 15.7. The van der Waals surface area contributed by atoms with E-state index in [1.807, 2.05) is 0 Å². The fraction of sp³-hybridized carbons (Fsp3) is 0.389. The molecule has 0 aliphatic carbocycles. The number of nitrogens with one attached hydrogen (secondary N) is 1. The molecule has 3 rings (SSSR count). The van der Waals surface area contributed by atoms with Crippen molar-refractivity contribution in [2.75, 3.05) is 25.5 Å². The van der Waals surface area contributed by atoms with Gasteiger partial charge in [-0.15, -0.1) is 0 Å². The van der Waals surface area contributed by atoms with Gasteiger partial charge >= 0.3 is 5.97 Å². The van der Waals surface area contributed by atoms with E-state index in [4.69, 9.17) is 23.2 Å². The number of nitrogens with zero attached hydrogens (tertiary/aromatic N) is 2. The molecule has 162 valence electrons. The number of methoxy groups -OCH3 is 1. The lowest BCUT2D eigenvalue weighted by Gasteiger charge is -2.30. The van der Waals surface area contributed by atoms with Crippen molar-refractivity contribution in [1.29, 1.82) is 0 Å². The Morgan fingerprint density at radius 1 is 1.27 bits per heavy atom. The predicted octanol–water partition coefficient (Wildman–Crippen LogP) is 3.58. The highest BCUT2D eigenvalue weighted by Gasteiger charge is 2.33. The molecule has 0 saturated carbocycles. The number of hydrogen-bond acceptors (Lipinski definition) is 7. The predicted molar refractivity (Wildman–Crippen MR) is 115 cm³/mol. The van der Waals surface area contributed by atoms with Crippen molar-refractivity contribution in [3.8, 4) is 0 Å². The molecule has 0 spiro atoms. The van der Waals surface area contributed by atoms with Crippen molar-refractivity contribution in [3.05, 3.63) is 38.8 Å². The van der Waals surface area contributed by atoms with Crippen LogP contribution in [0.15, 0.2) is 23.1 Å². The van der Waals surface area contributed by atoms with Crippen LogP contribution in [0.5, 0.6) is 0 Å². The standard InChI is InChI=1S/C18H19Cl2N3O5S2/c1-10-15(17(25)28-2)29-18(21-10)22-16(24)11-5-7-23(8-6-11)30(26,27)14-9-12(19)3-4-13(14)20/h3-4,9,11H,5-8H2,1-2H3,(H,21,22,24). The second kappa shape index (κ2) is 9.19. The molecular weight excluding hydrogens is 473 g/mol. The maximum atomic E-state index is 12.9. The van der Waals surface area contributed by atoms with Gasteiger partial charge in [-0.3, -0.25) is 4.79 Å². The summed E-state index contributed by atoms with van der Waals surface area (Å²) in [5.41, 5.74) is 0.474. The van der Waals surface area contributed by atoms with Gasteiger partial charge in [0.1, 0.15) is 9.77 Å². The monoisotopic (exact) mass is 491 g/mol. The van der Waals surface area contributed by atoms with Gasteiger partial charge in [0.05, 0.1) is 17.8 Å². The van der Waals surface area contributed by atoms with E-state index in [1.165, 1.54) is 29.6 Å². The van der Waals surface area contributed by atoms with Crippen LogP contribution in [0, 0.1) is 12.8 Å². The number of thiazole rings is 1. The summed E-state index contributed by atoms with van der Waals surface area (Å²) in [6.45, 7) is 2.00. The number of hydrogen-bond donors (Lipinski definition) is 1. The van der Waals surface area contributed by atoms with Gasteiger partial charge in [-0.2, -0.15) is 4.31 Å². The summed E-state index contributed by atoms with van der Waals surface area (Å²) in [6, 6.07) is 4.28. The molecule has 1 saturated heterocycles. The van der Waals surface area contributed by atoms with Crippen molar-refractivity contribution in [1.82, 2.24) is 9.29 Å². The maximum absolute atomic E-state index is 12.9. The third-order valence-electron chi connectivity index (χ3n) is 4.73. The number of halogens is 2. The number of anilines is 1. The summed E-state index contributed by atoms with van der Waals surface area (Å²) in [5.74, 6) is -1.15. The van der Waals surface area contributed by atoms with Crippen molar-refractivity contribution in [2.45, 2.75) is 24.7 Å². The Morgan fingerprint density at radius 3 is 2.57 bits per heavy atom. The minimum Gasteiger partial charge on any atom is -0.465 e. The smallest absolute Gasteiger partial charge is 0.350 e. The molecular formula is C18H19Cl2N3O5S2. The first-order valence-corrected chi connectivity index (χ1v) is 12.0. The summed E-state index contributed by atoms with van der Waals surface area (Å²) >= 11 is 13.0. The van der Waals surface area contributed by atoms with Gasteiger partial charge in [-0.05, 0) is 38.0 Å². The lowest BCUT2D eigenvalue weighted by molar-refractivity contribution is -0.120. The average Bonchev–Trinajstić information content (AvgIpc) is 3.09. The lowest BCUT2D eigenvalue weighted by atomic mass is 9.97. The first-order valence-electron chi connectivity index (χ1n) is 8.95. The highest BCUT2D eigenvalue weighted by atomic mass is 35.5. The minimum absolute atomic E-state index is 0.0480. The van der Waals surface area contributed by atoms with Crippen molar-refractivity contribution >= 4 is 61.6 Å². The Bertz CT molecular complexity index is 1080. The van der Waals surface area contributed by atoms with Gasteiger partial charge in [0.25, 0.3) is 0 Å². The Labute approximate surface area is 188 Å². The zero-order valence-electron chi connectivity index (χ0n) is 16.1. The second-order valence-corrected chi connectivity index (χ2v) is 10.4. The van der Waals surface area contributed by atoms with E-state index in [1.54, 1.807) is 6.92 Å². The van der Waals surface area contributed by atoms with Crippen LogP contribution < -0.4 is 5.32 Å². The second-order valence-electron chi connectivity index (χ2n) is 6.67. The maximum Gasteiger partial charge on any atom is 0.350 e. The van der Waals surface area contributed by atoms with E-state index in [9.17, 15) is 18.0 Å². The Morgan fingerprint density at radius 2 is 1.93 bits per heavy atom. The molecule has 8 nitrogen and oxygen atoms in total. The van der Waals surface area contributed by atoms with Gasteiger partial charge in [-0.1, -0.05) is 34.5 Å². The number of ether oxygens (including phenoxy) is 1. The van der Waals surface area contributed by atoms with E-state index >= 15 is 0 Å². The molecule has 0 atom stereocenters. The molecule has 1 fully saturated rings. The van der Waals surface area contributed by atoms with Crippen molar-refractivity contribution < 1.29 is 22.7 Å². The number of aryl methyl sites for hydroxylation is 1. The average molecular weight is 492 g/mol. The third kappa shape index (κ3) is 4.78. The summed E-state index contributed by atoms with van der Waals surface area (Å²) in [4.78, 5) is 28.7. The molecule has 12 heteroatoms. The molecule has 1 aromatic heterocycles. The summed E-state index contributed by atoms with van der Waals surface area (Å²) in [7, 11) is -2.54. The first kappa shape index (κ1) is 23.0. The number of esters is 1. The van der Waals surface area contributed by atoms with Gasteiger partial charge in [-0.25, -0.2) is 18.2 Å². The topological polar surface area (TPSA) is 106 Å². The van der Waals surface area contributed by atoms with E-state index < -0.39 is 16.0 Å². The van der Waals surface area contributed by atoms with E-state index in [0.29, 0.717) is 28.5 Å². The molecule has 1 amide bonds. The van der Waals surface area contributed by atoms with Crippen LogP contribution in [0.25, 0.3) is 0 Å². The van der Waals surface area contributed by atoms with Gasteiger partial charge in [0.15, 0.2) is 5.13 Å². The Balaban J connectivity index is 1.64. The number of carbonyl (C=O) groups excluding carboxylic acids is 2. The highest BCUT2D eigenvalue weighted by molar-refractivity contribution is 7.89. The van der Waals surface area contributed by atoms with E-state index in [-0.39, 0.29) is 39.9 Å². The summed E-state index contributed by atoms with van der Waals surface area (Å²) in [5, 5.41) is 3.38. The summed E-state index contributed by atoms with van der Waals surface area (Å²) < 4.78 is 31.8. The van der Waals surface area contributed by atoms with Crippen LogP contribution in [0.4, 0.5) is 5.13 Å². The van der Waals surface area contributed by atoms with Gasteiger partial charge in [0, 0.05) is 24.0 Å². The van der Waals surface area contributed by atoms with Crippen LogP contribution in [-0.4, -0.2) is 49.8 Å². The molecule has 2 heterocycles.